The van der Waals surface area contributed by atoms with Gasteiger partial charge in [0.05, 0.1) is 40.5 Å². The van der Waals surface area contributed by atoms with Crippen molar-refractivity contribution >= 4 is 22.8 Å². The molecule has 1 aliphatic carbocycles. The summed E-state index contributed by atoms with van der Waals surface area (Å²) in [4.78, 5) is 11.6. The fraction of sp³-hybridized carbons (Fsp3) is 0.345. The van der Waals surface area contributed by atoms with Gasteiger partial charge in [0.15, 0.2) is 11.5 Å². The summed E-state index contributed by atoms with van der Waals surface area (Å²) in [6, 6.07) is 9.22. The number of aromatic nitrogens is 3. The molecule has 4 aromatic rings. The average Bonchev–Trinajstić information content (AvgIpc) is 3.52. The Morgan fingerprint density at radius 2 is 2.02 bits per heavy atom. The van der Waals surface area contributed by atoms with Crippen LogP contribution in [-0.4, -0.2) is 50.8 Å². The summed E-state index contributed by atoms with van der Waals surface area (Å²) in [6.45, 7) is 1.69. The van der Waals surface area contributed by atoms with Crippen molar-refractivity contribution in [2.24, 2.45) is 5.73 Å². The van der Waals surface area contributed by atoms with E-state index in [1.165, 1.54) is 18.2 Å². The molecule has 0 unspecified atom stereocenters. The number of nitriles is 1. The number of nitrogens with zero attached hydrogens (tertiary/aromatic N) is 6. The Kier molecular flexibility index (Phi) is 6.04. The molecule has 5 N–H and O–H groups in total. The number of nitrogens with one attached hydrogen (secondary N) is 2. The predicted octanol–water partition coefficient (Wildman–Crippen LogP) is 3.71. The second-order valence-corrected chi connectivity index (χ2v) is 11.2. The number of benzene rings is 2. The summed E-state index contributed by atoms with van der Waals surface area (Å²) in [5, 5.41) is 21.6. The normalized spacial score (nSPS) is 19.5. The van der Waals surface area contributed by atoms with E-state index in [0.29, 0.717) is 65.7 Å². The summed E-state index contributed by atoms with van der Waals surface area (Å²) < 4.78 is 32.7. The lowest BCUT2D eigenvalue weighted by molar-refractivity contribution is -0.0266. The van der Waals surface area contributed by atoms with Gasteiger partial charge in [-0.15, -0.1) is 5.53 Å². The minimum absolute atomic E-state index is 0.000928. The van der Waals surface area contributed by atoms with E-state index in [4.69, 9.17) is 10.7 Å². The van der Waals surface area contributed by atoms with E-state index in [-0.39, 0.29) is 17.2 Å². The Balaban J connectivity index is 1.39. The molecule has 3 aliphatic rings. The van der Waals surface area contributed by atoms with Crippen molar-refractivity contribution in [2.75, 3.05) is 35.0 Å². The molecule has 7 rings (SSSR count). The van der Waals surface area contributed by atoms with Crippen LogP contribution in [0.5, 0.6) is 0 Å². The number of piperidine rings is 1. The van der Waals surface area contributed by atoms with Gasteiger partial charge in [-0.3, -0.25) is 9.41 Å². The van der Waals surface area contributed by atoms with E-state index >= 15 is 4.39 Å². The molecular weight excluding hydrogens is 528 g/mol. The lowest BCUT2D eigenvalue weighted by atomic mass is 9.80. The summed E-state index contributed by atoms with van der Waals surface area (Å²) >= 11 is 0. The zero-order chi connectivity index (χ0) is 28.3. The van der Waals surface area contributed by atoms with Gasteiger partial charge >= 0.3 is 0 Å². The molecule has 2 aromatic carbocycles. The van der Waals surface area contributed by atoms with Crippen molar-refractivity contribution in [3.8, 4) is 28.6 Å². The van der Waals surface area contributed by atoms with Crippen LogP contribution in [0.25, 0.3) is 28.2 Å². The quantitative estimate of drug-likeness (QED) is 0.290. The van der Waals surface area contributed by atoms with Gasteiger partial charge in [0.2, 0.25) is 0 Å². The van der Waals surface area contributed by atoms with Crippen LogP contribution in [-0.2, 0) is 0 Å². The molecule has 2 aromatic heterocycles. The van der Waals surface area contributed by atoms with E-state index in [0.717, 1.165) is 25.8 Å². The highest BCUT2D eigenvalue weighted by Gasteiger charge is 2.38. The van der Waals surface area contributed by atoms with E-state index in [9.17, 15) is 14.8 Å². The molecule has 2 fully saturated rings. The molecule has 0 bridgehead atoms. The predicted molar refractivity (Wildman–Crippen MR) is 151 cm³/mol. The van der Waals surface area contributed by atoms with Crippen molar-refractivity contribution in [3.05, 3.63) is 59.9 Å². The Hall–Kier alpha value is -4.31. The van der Waals surface area contributed by atoms with Gasteiger partial charge in [-0.05, 0) is 50.3 Å². The third kappa shape index (κ3) is 4.33. The van der Waals surface area contributed by atoms with E-state index < -0.39 is 17.2 Å². The highest BCUT2D eigenvalue weighted by molar-refractivity contribution is 5.88. The van der Waals surface area contributed by atoms with Crippen molar-refractivity contribution in [2.45, 2.75) is 43.7 Å². The maximum absolute atomic E-state index is 16.1. The van der Waals surface area contributed by atoms with Gasteiger partial charge in [-0.2, -0.15) is 5.26 Å². The van der Waals surface area contributed by atoms with Crippen LogP contribution in [0.15, 0.2) is 42.7 Å². The third-order valence-electron chi connectivity index (χ3n) is 8.34. The smallest absolute Gasteiger partial charge is 0.181 e. The number of hydrogen-bond donors (Lipinski definition) is 4. The zero-order valence-corrected chi connectivity index (χ0v) is 22.2. The minimum atomic E-state index is -0.805. The number of rotatable bonds is 5. The summed E-state index contributed by atoms with van der Waals surface area (Å²) in [6.07, 6.45) is 7.55. The SMILES string of the molecule is N#Cc1ccc(-c2nc3c(N4CCC[C@@H](N)C4)nccn3c2-c2cc3c(cc2F)N(CC2(O)CCC2)NN3)cc1F. The number of imidazole rings is 1. The first-order valence-electron chi connectivity index (χ1n) is 13.8. The maximum atomic E-state index is 16.1. The highest BCUT2D eigenvalue weighted by Crippen LogP contribution is 2.42. The van der Waals surface area contributed by atoms with Crippen molar-refractivity contribution < 1.29 is 13.9 Å². The van der Waals surface area contributed by atoms with Crippen LogP contribution in [0, 0.1) is 23.0 Å². The number of hydrogen-bond acceptors (Lipinski definition) is 9. The lowest BCUT2D eigenvalue weighted by Gasteiger charge is -2.39. The minimum Gasteiger partial charge on any atom is -0.388 e. The van der Waals surface area contributed by atoms with Crippen LogP contribution >= 0.6 is 0 Å². The monoisotopic (exact) mass is 557 g/mol. The summed E-state index contributed by atoms with van der Waals surface area (Å²) in [5.74, 6) is -0.570. The summed E-state index contributed by atoms with van der Waals surface area (Å²) in [5.41, 5.74) is 14.6. The van der Waals surface area contributed by atoms with E-state index in [1.807, 2.05) is 6.07 Å². The van der Waals surface area contributed by atoms with Gasteiger partial charge in [-0.1, -0.05) is 6.07 Å². The van der Waals surface area contributed by atoms with Crippen LogP contribution in [0.2, 0.25) is 0 Å². The molecule has 1 atom stereocenters. The van der Waals surface area contributed by atoms with Crippen molar-refractivity contribution in [1.82, 2.24) is 19.9 Å². The molecule has 0 amide bonds. The Labute approximate surface area is 235 Å². The molecule has 210 valence electrons. The standard InChI is InChI=1S/C29H29F2N9O/c30-21-11-17(4-5-18(21)14-32)25-26(39-10-8-34-27(28(39)35-25)38-9-1-3-19(33)15-38)20-12-23-24(13-22(20)31)40(37-36-23)16-29(41)6-2-7-29/h4-5,8,10-13,19,36-37,41H,1-3,6-7,9,15-16,33H2/t19-/m1/s1. The van der Waals surface area contributed by atoms with Crippen LogP contribution in [0.3, 0.4) is 0 Å². The largest absolute Gasteiger partial charge is 0.388 e. The lowest BCUT2D eigenvalue weighted by Crippen LogP contribution is -2.51. The highest BCUT2D eigenvalue weighted by atomic mass is 19.1. The van der Waals surface area contributed by atoms with Gasteiger partial charge in [-0.25, -0.2) is 18.7 Å². The molecule has 1 saturated heterocycles. The maximum Gasteiger partial charge on any atom is 0.181 e. The number of hydrazine groups is 2. The Morgan fingerprint density at radius 3 is 2.76 bits per heavy atom. The van der Waals surface area contributed by atoms with Crippen LogP contribution < -0.4 is 26.6 Å². The molecular formula is C29H29F2N9O. The van der Waals surface area contributed by atoms with E-state index in [2.05, 4.69) is 20.8 Å². The number of β-amino-alcohol motifs (C(OH)–C–C–N with tert-alkyl or cyclic N) is 1. The Bertz CT molecular complexity index is 1710. The Morgan fingerprint density at radius 1 is 1.17 bits per heavy atom. The number of fused-ring (bicyclic) bond motifs is 2. The number of aliphatic hydroxyl groups is 1. The van der Waals surface area contributed by atoms with Crippen molar-refractivity contribution in [3.63, 3.8) is 0 Å². The molecule has 0 spiro atoms. The molecule has 12 heteroatoms. The second kappa shape index (κ2) is 9.66. The average molecular weight is 558 g/mol. The van der Waals surface area contributed by atoms with Gasteiger partial charge in [0, 0.05) is 48.7 Å². The van der Waals surface area contributed by atoms with E-state index in [1.54, 1.807) is 33.9 Å². The topological polar surface area (TPSA) is 131 Å². The fourth-order valence-electron chi connectivity index (χ4n) is 6.02. The number of nitrogens with two attached hydrogens (primary N) is 1. The molecule has 4 heterocycles. The number of anilines is 3. The first-order chi connectivity index (χ1) is 19.8. The fourth-order valence-corrected chi connectivity index (χ4v) is 6.02. The zero-order valence-electron chi connectivity index (χ0n) is 22.2. The van der Waals surface area contributed by atoms with Gasteiger partial charge in [0.1, 0.15) is 17.7 Å². The van der Waals surface area contributed by atoms with Gasteiger partial charge < -0.3 is 21.2 Å². The molecule has 41 heavy (non-hydrogen) atoms. The van der Waals surface area contributed by atoms with Crippen molar-refractivity contribution in [1.29, 1.82) is 5.26 Å². The third-order valence-corrected chi connectivity index (χ3v) is 8.34. The molecule has 10 nitrogen and oxygen atoms in total. The second-order valence-electron chi connectivity index (χ2n) is 11.2. The molecule has 1 saturated carbocycles. The van der Waals surface area contributed by atoms with Crippen LogP contribution in [0.1, 0.15) is 37.7 Å². The molecule has 2 aliphatic heterocycles. The van der Waals surface area contributed by atoms with Crippen LogP contribution in [0.4, 0.5) is 26.0 Å². The molecule has 0 radical (unpaired) electrons. The number of halogens is 2. The summed E-state index contributed by atoms with van der Waals surface area (Å²) in [7, 11) is 0. The van der Waals surface area contributed by atoms with Gasteiger partial charge in [0.25, 0.3) is 0 Å². The first kappa shape index (κ1) is 25.6. The first-order valence-corrected chi connectivity index (χ1v) is 13.8.